The Bertz CT molecular complexity index is 410. The van der Waals surface area contributed by atoms with Gasteiger partial charge in [-0.15, -0.1) is 13.2 Å². The maximum absolute atomic E-state index is 11.8. The van der Waals surface area contributed by atoms with Gasteiger partial charge >= 0.3 is 6.36 Å². The number of alkyl halides is 3. The van der Waals surface area contributed by atoms with Crippen molar-refractivity contribution < 1.29 is 27.4 Å². The Kier molecular flexibility index (Phi) is 6.60. The summed E-state index contributed by atoms with van der Waals surface area (Å²) in [6, 6.07) is 5.28. The van der Waals surface area contributed by atoms with Gasteiger partial charge in [0.05, 0.1) is 13.2 Å². The average molecular weight is 293 g/mol. The zero-order valence-corrected chi connectivity index (χ0v) is 11.4. The van der Waals surface area contributed by atoms with E-state index in [1.165, 1.54) is 0 Å². The third-order valence-corrected chi connectivity index (χ3v) is 2.30. The number of nitrogens with one attached hydrogen (secondary N) is 1. The molecule has 0 radical (unpaired) electrons. The molecular weight excluding hydrogens is 275 g/mol. The summed E-state index contributed by atoms with van der Waals surface area (Å²) in [5.74, 6) is 0.907. The highest BCUT2D eigenvalue weighted by atomic mass is 19.4. The summed E-state index contributed by atoms with van der Waals surface area (Å²) in [6.07, 6.45) is -4.64. The van der Waals surface area contributed by atoms with Crippen LogP contribution in [0.1, 0.15) is 12.5 Å². The van der Waals surface area contributed by atoms with Crippen molar-refractivity contribution in [2.45, 2.75) is 19.8 Å². The minimum absolute atomic E-state index is 0.203. The fourth-order valence-electron chi connectivity index (χ4n) is 1.56. The van der Waals surface area contributed by atoms with Crippen LogP contribution < -0.4 is 14.8 Å². The molecule has 114 valence electrons. The number of rotatable bonds is 8. The van der Waals surface area contributed by atoms with Crippen molar-refractivity contribution >= 4 is 0 Å². The highest BCUT2D eigenvalue weighted by Gasteiger charge is 2.28. The molecule has 0 aliphatic rings. The minimum atomic E-state index is -4.64. The van der Waals surface area contributed by atoms with Gasteiger partial charge in [0.2, 0.25) is 0 Å². The number of benzene rings is 1. The van der Waals surface area contributed by atoms with Crippen LogP contribution in [0.5, 0.6) is 11.5 Å². The lowest BCUT2D eigenvalue weighted by atomic mass is 10.2. The van der Waals surface area contributed by atoms with E-state index < -0.39 is 13.0 Å². The van der Waals surface area contributed by atoms with Gasteiger partial charge in [-0.05, 0) is 31.7 Å². The maximum Gasteiger partial charge on any atom is 0.522 e. The van der Waals surface area contributed by atoms with Crippen LogP contribution in [0, 0.1) is 0 Å². The van der Waals surface area contributed by atoms with Crippen LogP contribution in [-0.2, 0) is 11.3 Å². The number of hydrogen-bond donors (Lipinski definition) is 1. The summed E-state index contributed by atoms with van der Waals surface area (Å²) >= 11 is 0. The van der Waals surface area contributed by atoms with Crippen molar-refractivity contribution in [3.8, 4) is 11.5 Å². The van der Waals surface area contributed by atoms with Gasteiger partial charge in [0.25, 0.3) is 0 Å². The fourth-order valence-corrected chi connectivity index (χ4v) is 1.56. The summed E-state index contributed by atoms with van der Waals surface area (Å²) in [6.45, 7) is 2.16. The van der Waals surface area contributed by atoms with Crippen molar-refractivity contribution in [1.82, 2.24) is 5.32 Å². The zero-order valence-electron chi connectivity index (χ0n) is 11.4. The van der Waals surface area contributed by atoms with Gasteiger partial charge in [-0.1, -0.05) is 6.07 Å². The molecule has 0 aromatic heterocycles. The first kappa shape index (κ1) is 16.6. The summed E-state index contributed by atoms with van der Waals surface area (Å²) in [4.78, 5) is 0. The van der Waals surface area contributed by atoms with Gasteiger partial charge in [-0.3, -0.25) is 4.74 Å². The van der Waals surface area contributed by atoms with Crippen LogP contribution in [0.4, 0.5) is 13.2 Å². The third kappa shape index (κ3) is 6.12. The van der Waals surface area contributed by atoms with E-state index in [2.05, 4.69) is 10.1 Å². The normalized spacial score (nSPS) is 11.4. The summed E-state index contributed by atoms with van der Waals surface area (Å²) in [5, 5.41) is 3.00. The molecule has 0 saturated heterocycles. The van der Waals surface area contributed by atoms with Crippen LogP contribution in [0.25, 0.3) is 0 Å². The largest absolute Gasteiger partial charge is 0.522 e. The Labute approximate surface area is 115 Å². The number of hydrogen-bond acceptors (Lipinski definition) is 4. The van der Waals surface area contributed by atoms with Gasteiger partial charge in [0.15, 0.2) is 11.5 Å². The lowest BCUT2D eigenvalue weighted by Crippen LogP contribution is -2.18. The standard InChI is InChI=1S/C13H18F3NO3/c1-3-18-12-8-10(9-17-2)4-5-11(12)19-6-7-20-13(14,15)16/h4-5,8,17H,3,6-7,9H2,1-2H3. The summed E-state index contributed by atoms with van der Waals surface area (Å²) in [7, 11) is 1.82. The molecule has 0 unspecified atom stereocenters. The van der Waals surface area contributed by atoms with E-state index in [9.17, 15) is 13.2 Å². The van der Waals surface area contributed by atoms with Crippen molar-refractivity contribution in [3.63, 3.8) is 0 Å². The Morgan fingerprint density at radius 2 is 1.85 bits per heavy atom. The van der Waals surface area contributed by atoms with Gasteiger partial charge in [-0.2, -0.15) is 0 Å². The number of ether oxygens (including phenoxy) is 3. The SMILES string of the molecule is CCOc1cc(CNC)ccc1OCCOC(F)(F)F. The fraction of sp³-hybridized carbons (Fsp3) is 0.538. The third-order valence-electron chi connectivity index (χ3n) is 2.30. The molecular formula is C13H18F3NO3. The molecule has 0 aliphatic heterocycles. The Balaban J connectivity index is 2.59. The van der Waals surface area contributed by atoms with Crippen LogP contribution in [-0.4, -0.2) is 33.2 Å². The first-order valence-corrected chi connectivity index (χ1v) is 6.20. The van der Waals surface area contributed by atoms with Crippen molar-refractivity contribution in [2.24, 2.45) is 0 Å². The lowest BCUT2D eigenvalue weighted by Gasteiger charge is -2.14. The molecule has 4 nitrogen and oxygen atoms in total. The van der Waals surface area contributed by atoms with E-state index >= 15 is 0 Å². The van der Waals surface area contributed by atoms with Crippen LogP contribution in [0.15, 0.2) is 18.2 Å². The summed E-state index contributed by atoms with van der Waals surface area (Å²) in [5.41, 5.74) is 0.995. The highest BCUT2D eigenvalue weighted by Crippen LogP contribution is 2.28. The Morgan fingerprint density at radius 3 is 2.45 bits per heavy atom. The second-order valence-corrected chi connectivity index (χ2v) is 3.89. The molecule has 20 heavy (non-hydrogen) atoms. The van der Waals surface area contributed by atoms with Gasteiger partial charge in [0, 0.05) is 6.54 Å². The molecule has 0 heterocycles. The van der Waals surface area contributed by atoms with Crippen molar-refractivity contribution in [1.29, 1.82) is 0 Å². The van der Waals surface area contributed by atoms with E-state index in [1.807, 2.05) is 20.0 Å². The second kappa shape index (κ2) is 7.96. The lowest BCUT2D eigenvalue weighted by molar-refractivity contribution is -0.325. The predicted molar refractivity (Wildman–Crippen MR) is 67.9 cm³/mol. The van der Waals surface area contributed by atoms with Crippen molar-refractivity contribution in [2.75, 3.05) is 26.9 Å². The van der Waals surface area contributed by atoms with E-state index in [4.69, 9.17) is 9.47 Å². The Morgan fingerprint density at radius 1 is 1.10 bits per heavy atom. The smallest absolute Gasteiger partial charge is 0.490 e. The molecule has 0 fully saturated rings. The predicted octanol–water partition coefficient (Wildman–Crippen LogP) is 2.72. The molecule has 0 bridgehead atoms. The molecule has 1 aromatic rings. The molecule has 0 aliphatic carbocycles. The quantitative estimate of drug-likeness (QED) is 0.748. The number of halogens is 3. The van der Waals surface area contributed by atoms with E-state index in [0.29, 0.717) is 24.7 Å². The molecule has 1 aromatic carbocycles. The van der Waals surface area contributed by atoms with E-state index in [0.717, 1.165) is 5.56 Å². The van der Waals surface area contributed by atoms with Gasteiger partial charge in [-0.25, -0.2) is 0 Å². The average Bonchev–Trinajstić information content (AvgIpc) is 2.36. The first-order valence-electron chi connectivity index (χ1n) is 6.20. The van der Waals surface area contributed by atoms with Crippen molar-refractivity contribution in [3.05, 3.63) is 23.8 Å². The Hall–Kier alpha value is -1.47. The molecule has 0 saturated carbocycles. The topological polar surface area (TPSA) is 39.7 Å². The van der Waals surface area contributed by atoms with Crippen LogP contribution in [0.2, 0.25) is 0 Å². The second-order valence-electron chi connectivity index (χ2n) is 3.89. The zero-order chi connectivity index (χ0) is 15.0. The molecule has 0 spiro atoms. The van der Waals surface area contributed by atoms with Gasteiger partial charge < -0.3 is 14.8 Å². The van der Waals surface area contributed by atoms with E-state index in [1.54, 1.807) is 12.1 Å². The van der Waals surface area contributed by atoms with Crippen LogP contribution in [0.3, 0.4) is 0 Å². The first-order chi connectivity index (χ1) is 9.46. The maximum atomic E-state index is 11.8. The molecule has 0 atom stereocenters. The molecule has 7 heteroatoms. The van der Waals surface area contributed by atoms with Crippen LogP contribution >= 0.6 is 0 Å². The highest BCUT2D eigenvalue weighted by molar-refractivity contribution is 5.43. The monoisotopic (exact) mass is 293 g/mol. The molecule has 1 rings (SSSR count). The van der Waals surface area contributed by atoms with Gasteiger partial charge in [0.1, 0.15) is 6.61 Å². The minimum Gasteiger partial charge on any atom is -0.490 e. The molecule has 0 amide bonds. The molecule has 1 N–H and O–H groups in total. The summed E-state index contributed by atoms with van der Waals surface area (Å²) < 4.78 is 49.7. The van der Waals surface area contributed by atoms with E-state index in [-0.39, 0.29) is 6.61 Å².